The second-order valence-corrected chi connectivity index (χ2v) is 10.9. The predicted octanol–water partition coefficient (Wildman–Crippen LogP) is -2.14. The number of carbonyl (C=O) groups excluding carboxylic acids is 4. The van der Waals surface area contributed by atoms with Gasteiger partial charge in [-0.3, -0.25) is 19.3 Å². The Bertz CT molecular complexity index is 1410. The fourth-order valence-corrected chi connectivity index (χ4v) is 6.75. The number of hydrogen-bond acceptors (Lipinski definition) is 11. The first-order valence-corrected chi connectivity index (χ1v) is 14.0. The molecule has 204 valence electrons. The van der Waals surface area contributed by atoms with Gasteiger partial charge in [0.25, 0.3) is 11.8 Å². The summed E-state index contributed by atoms with van der Waals surface area (Å²) in [7, 11) is 1.65. The monoisotopic (exact) mass is 626 g/mol. The fraction of sp³-hybridized carbons (Fsp3) is 0.389. The number of alkyl halides is 1. The third-order valence-corrected chi connectivity index (χ3v) is 8.71. The van der Waals surface area contributed by atoms with Crippen LogP contribution in [-0.4, -0.2) is 123 Å². The van der Waals surface area contributed by atoms with Crippen LogP contribution in [0.3, 0.4) is 0 Å². The van der Waals surface area contributed by atoms with E-state index >= 15 is 0 Å². The second kappa shape index (κ2) is 13.3. The number of thioether (sulfide) groups is 2. The molecule has 5 amide bonds. The van der Waals surface area contributed by atoms with Crippen LogP contribution < -0.4 is 21.2 Å². The molecule has 2 aromatic rings. The number of rotatable bonds is 9. The van der Waals surface area contributed by atoms with Crippen molar-refractivity contribution in [3.05, 3.63) is 27.1 Å². The van der Waals surface area contributed by atoms with Crippen LogP contribution in [0.25, 0.3) is 0 Å². The van der Waals surface area contributed by atoms with E-state index in [4.69, 9.17) is 17.3 Å². The molecule has 0 aromatic carbocycles. The van der Waals surface area contributed by atoms with Crippen molar-refractivity contribution in [2.24, 2.45) is 17.8 Å². The Labute approximate surface area is 258 Å². The summed E-state index contributed by atoms with van der Waals surface area (Å²) >= 11 is 8.96. The molecule has 1 fully saturated rings. The van der Waals surface area contributed by atoms with Crippen LogP contribution in [-0.2, 0) is 26.2 Å². The molecule has 0 radical (unpaired) electrons. The molecule has 2 unspecified atom stereocenters. The number of tetrazole rings is 1. The number of amides is 5. The molecular formula is C18H20ClN10NaO6S3. The molecule has 16 nitrogen and oxygen atoms in total. The first kappa shape index (κ1) is 31.1. The van der Waals surface area contributed by atoms with E-state index in [2.05, 4.69) is 36.1 Å². The molecule has 2 aliphatic heterocycles. The summed E-state index contributed by atoms with van der Waals surface area (Å²) in [4.78, 5) is 68.9. The molecule has 3 atom stereocenters. The number of nitrogens with one attached hydrogen (secondary N) is 3. The van der Waals surface area contributed by atoms with Crippen LogP contribution in [0, 0.1) is 0 Å². The van der Waals surface area contributed by atoms with Crippen LogP contribution >= 0.6 is 46.5 Å². The Morgan fingerprint density at radius 3 is 2.77 bits per heavy atom. The number of carbonyl (C=O) groups is 5. The van der Waals surface area contributed by atoms with Gasteiger partial charge in [-0.15, -0.1) is 39.8 Å². The summed E-state index contributed by atoms with van der Waals surface area (Å²) in [6, 6.07) is -3.39. The zero-order valence-corrected chi connectivity index (χ0v) is 22.5. The van der Waals surface area contributed by atoms with E-state index in [0.29, 0.717) is 16.5 Å². The molecule has 0 aliphatic carbocycles. The Kier molecular flexibility index (Phi) is 10.6. The number of aryl methyl sites for hydroxylation is 1. The normalized spacial score (nSPS) is 19.5. The van der Waals surface area contributed by atoms with Crippen molar-refractivity contribution >= 4 is 106 Å². The molecule has 4 heterocycles. The van der Waals surface area contributed by atoms with E-state index in [0.717, 1.165) is 16.2 Å². The average molecular weight is 627 g/mol. The minimum absolute atomic E-state index is 0. The van der Waals surface area contributed by atoms with Gasteiger partial charge in [0, 0.05) is 23.9 Å². The van der Waals surface area contributed by atoms with Gasteiger partial charge in [-0.1, -0.05) is 11.8 Å². The number of H-pyrrole nitrogens is 1. The van der Waals surface area contributed by atoms with Crippen LogP contribution in [0.15, 0.2) is 26.8 Å². The van der Waals surface area contributed by atoms with Gasteiger partial charge in [0.2, 0.25) is 11.1 Å². The fourth-order valence-electron chi connectivity index (χ4n) is 3.59. The zero-order valence-electron chi connectivity index (χ0n) is 19.3. The Balaban J connectivity index is 0.00000420. The van der Waals surface area contributed by atoms with Crippen molar-refractivity contribution in [1.82, 2.24) is 40.7 Å². The number of carboxylic acids is 1. The van der Waals surface area contributed by atoms with Crippen molar-refractivity contribution in [2.45, 2.75) is 22.6 Å². The van der Waals surface area contributed by atoms with Crippen molar-refractivity contribution in [2.75, 3.05) is 17.4 Å². The summed E-state index contributed by atoms with van der Waals surface area (Å²) in [6.45, 7) is 0. The van der Waals surface area contributed by atoms with Gasteiger partial charge in [0.1, 0.15) is 23.0 Å². The topological polar surface area (TPSA) is 231 Å². The molecule has 0 saturated carbocycles. The van der Waals surface area contributed by atoms with E-state index in [1.807, 2.05) is 0 Å². The molecular weight excluding hydrogens is 607 g/mol. The SMILES string of the molecule is Cn1nnnc1SCC1=C(C(=O)O)N2C(=O)[C@H](NC(=O)C(NC(N)=O)c3cs/c(=N/C(=O)CCl)[nH]3)C2SC1.[NaH]. The number of nitrogens with two attached hydrogens (primary N) is 1. The Morgan fingerprint density at radius 2 is 2.15 bits per heavy atom. The number of nitrogens with zero attached hydrogens (tertiary/aromatic N) is 6. The quantitative estimate of drug-likeness (QED) is 0.0872. The Morgan fingerprint density at radius 1 is 1.41 bits per heavy atom. The number of hydrogen-bond donors (Lipinski definition) is 5. The second-order valence-electron chi connectivity index (χ2n) is 7.73. The van der Waals surface area contributed by atoms with Crippen molar-refractivity contribution < 1.29 is 29.1 Å². The summed E-state index contributed by atoms with van der Waals surface area (Å²) in [5, 5.41) is 27.1. The molecule has 21 heteroatoms. The molecule has 1 saturated heterocycles. The number of halogens is 1. The number of fused-ring (bicyclic) bond motifs is 1. The summed E-state index contributed by atoms with van der Waals surface area (Å²) in [5.41, 5.74) is 5.74. The van der Waals surface area contributed by atoms with E-state index < -0.39 is 47.2 Å². The van der Waals surface area contributed by atoms with Gasteiger partial charge >= 0.3 is 41.6 Å². The number of carboxylic acid groups (broad SMARTS) is 1. The van der Waals surface area contributed by atoms with Crippen molar-refractivity contribution in [3.8, 4) is 0 Å². The summed E-state index contributed by atoms with van der Waals surface area (Å²) < 4.78 is 1.44. The first-order chi connectivity index (χ1) is 18.1. The molecule has 0 spiro atoms. The maximum atomic E-state index is 13.1. The van der Waals surface area contributed by atoms with E-state index in [-0.39, 0.29) is 57.4 Å². The van der Waals surface area contributed by atoms with Crippen LogP contribution in [0.1, 0.15) is 11.7 Å². The predicted molar refractivity (Wildman–Crippen MR) is 142 cm³/mol. The van der Waals surface area contributed by atoms with Crippen LogP contribution in [0.5, 0.6) is 0 Å². The van der Waals surface area contributed by atoms with Crippen molar-refractivity contribution in [1.29, 1.82) is 0 Å². The van der Waals surface area contributed by atoms with Gasteiger partial charge in [-0.05, 0) is 16.0 Å². The molecule has 39 heavy (non-hydrogen) atoms. The summed E-state index contributed by atoms with van der Waals surface area (Å²) in [6.07, 6.45) is 0. The first-order valence-electron chi connectivity index (χ1n) is 10.5. The van der Waals surface area contributed by atoms with Gasteiger partial charge < -0.3 is 26.5 Å². The molecule has 4 rings (SSSR count). The minimum atomic E-state index is -1.34. The van der Waals surface area contributed by atoms with E-state index in [1.165, 1.54) is 33.6 Å². The Hall–Kier alpha value is -2.42. The molecule has 2 aromatic heterocycles. The van der Waals surface area contributed by atoms with E-state index in [1.54, 1.807) is 7.05 Å². The third-order valence-electron chi connectivity index (χ3n) is 5.25. The summed E-state index contributed by atoms with van der Waals surface area (Å²) in [5.74, 6) is -3.08. The number of aromatic amines is 1. The average Bonchev–Trinajstić information content (AvgIpc) is 3.51. The van der Waals surface area contributed by atoms with Gasteiger partial charge in [-0.2, -0.15) is 4.99 Å². The van der Waals surface area contributed by atoms with Gasteiger partial charge in [0.15, 0.2) is 10.8 Å². The molecule has 2 aliphatic rings. The van der Waals surface area contributed by atoms with E-state index in [9.17, 15) is 29.1 Å². The van der Waals surface area contributed by atoms with Gasteiger partial charge in [-0.25, -0.2) is 14.3 Å². The maximum absolute atomic E-state index is 13.1. The number of thiazole rings is 1. The number of urea groups is 1. The number of β-lactam (4-membered cyclic amide) rings is 1. The van der Waals surface area contributed by atoms with Crippen molar-refractivity contribution in [3.63, 3.8) is 0 Å². The number of primary amides is 1. The zero-order chi connectivity index (χ0) is 27.6. The number of aromatic nitrogens is 5. The standard InChI is InChI=1S/C18H19ClN10O6S3.Na.H/c1-28-18(25-26-27-28)38-4-6-3-36-14-10(13(32)29(14)11(6)15(33)34)23-12(31)9(24-16(20)35)7-5-37-17(21-7)22-8(30)2-19;;/h5,9-10,14H,2-4H2,1H3,(H,23,31)(H,33,34)(H3,20,24,35)(H,21,22,30);;/t9?,10-,14?;;/m0../s1. The molecule has 6 N–H and O–H groups in total. The molecule has 0 bridgehead atoms. The van der Waals surface area contributed by atoms with Crippen LogP contribution in [0.4, 0.5) is 4.79 Å². The third kappa shape index (κ3) is 6.84. The number of aliphatic carboxylic acids is 1. The van der Waals surface area contributed by atoms with Crippen LogP contribution in [0.2, 0.25) is 0 Å². The van der Waals surface area contributed by atoms with Gasteiger partial charge in [0.05, 0.1) is 5.69 Å².